The van der Waals surface area contributed by atoms with Crippen molar-refractivity contribution in [1.29, 1.82) is 0 Å². The van der Waals surface area contributed by atoms with Crippen LogP contribution in [0.2, 0.25) is 10.0 Å². The van der Waals surface area contributed by atoms with E-state index in [0.29, 0.717) is 29.7 Å². The van der Waals surface area contributed by atoms with E-state index in [1.54, 1.807) is 19.1 Å². The number of Topliss-reactive ketones (excluding diaryl/α,β-unsaturated/α-hetero) is 1. The first-order chi connectivity index (χ1) is 11.5. The van der Waals surface area contributed by atoms with Gasteiger partial charge in [-0.15, -0.1) is 0 Å². The Kier molecular flexibility index (Phi) is 7.49. The molecule has 132 valence electrons. The summed E-state index contributed by atoms with van der Waals surface area (Å²) in [6.45, 7) is 3.85. The van der Waals surface area contributed by atoms with E-state index in [2.05, 4.69) is 5.32 Å². The lowest BCUT2D eigenvalue weighted by atomic mass is 9.90. The van der Waals surface area contributed by atoms with Crippen LogP contribution in [0.25, 0.3) is 0 Å². The predicted molar refractivity (Wildman–Crippen MR) is 92.4 cm³/mol. The maximum Gasteiger partial charge on any atom is 0.313 e. The van der Waals surface area contributed by atoms with Crippen LogP contribution >= 0.6 is 23.2 Å². The van der Waals surface area contributed by atoms with Gasteiger partial charge in [0.25, 0.3) is 0 Å². The molecule has 1 aromatic carbocycles. The molecule has 0 saturated carbocycles. The number of esters is 1. The molecule has 0 aliphatic carbocycles. The number of rotatable bonds is 6. The van der Waals surface area contributed by atoms with Gasteiger partial charge in [-0.2, -0.15) is 0 Å². The lowest BCUT2D eigenvalue weighted by Crippen LogP contribution is -2.27. The molecule has 0 bridgehead atoms. The van der Waals surface area contributed by atoms with Gasteiger partial charge in [-0.3, -0.25) is 9.59 Å². The molecule has 0 spiro atoms. The number of carbonyl (C=O) groups is 2. The van der Waals surface area contributed by atoms with E-state index in [1.807, 2.05) is 6.07 Å². The number of benzene rings is 1. The van der Waals surface area contributed by atoms with Crippen LogP contribution in [0.1, 0.15) is 31.4 Å². The highest BCUT2D eigenvalue weighted by molar-refractivity contribution is 6.42. The Balaban J connectivity index is 2.10. The predicted octanol–water partition coefficient (Wildman–Crippen LogP) is 3.18. The van der Waals surface area contributed by atoms with Gasteiger partial charge in [-0.25, -0.2) is 0 Å². The minimum Gasteiger partial charge on any atom is -0.466 e. The number of ether oxygens (including phenoxy) is 2. The number of ketones is 1. The van der Waals surface area contributed by atoms with E-state index >= 15 is 0 Å². The van der Waals surface area contributed by atoms with Crippen molar-refractivity contribution in [3.05, 3.63) is 33.8 Å². The van der Waals surface area contributed by atoms with Crippen LogP contribution in [0.5, 0.6) is 0 Å². The highest BCUT2D eigenvalue weighted by Crippen LogP contribution is 2.33. The summed E-state index contributed by atoms with van der Waals surface area (Å²) in [5, 5.41) is 4.18. The Morgan fingerprint density at radius 3 is 2.83 bits per heavy atom. The average Bonchev–Trinajstić information content (AvgIpc) is 2.75. The second-order valence-electron chi connectivity index (χ2n) is 5.65. The van der Waals surface area contributed by atoms with Gasteiger partial charge in [0.1, 0.15) is 12.2 Å². The van der Waals surface area contributed by atoms with Gasteiger partial charge in [-0.1, -0.05) is 29.3 Å². The van der Waals surface area contributed by atoms with Gasteiger partial charge in [-0.05, 0) is 24.6 Å². The lowest BCUT2D eigenvalue weighted by molar-refractivity contribution is -0.145. The number of carbonyl (C=O) groups excluding carboxylic acids is 2. The van der Waals surface area contributed by atoms with E-state index in [-0.39, 0.29) is 37.3 Å². The molecule has 1 fully saturated rings. The summed E-state index contributed by atoms with van der Waals surface area (Å²) in [6, 6.07) is 5.34. The largest absolute Gasteiger partial charge is 0.466 e. The maximum absolute atomic E-state index is 12.2. The van der Waals surface area contributed by atoms with Crippen molar-refractivity contribution in [1.82, 2.24) is 5.32 Å². The summed E-state index contributed by atoms with van der Waals surface area (Å²) < 4.78 is 10.7. The molecule has 0 aromatic heterocycles. The third-order valence-electron chi connectivity index (χ3n) is 3.82. The molecule has 5 nitrogen and oxygen atoms in total. The van der Waals surface area contributed by atoms with Gasteiger partial charge < -0.3 is 14.8 Å². The molecule has 7 heteroatoms. The summed E-state index contributed by atoms with van der Waals surface area (Å²) >= 11 is 12.1. The Bertz CT molecular complexity index is 594. The molecular formula is C17H21Cl2NO4. The molecule has 1 aliphatic rings. The Morgan fingerprint density at radius 2 is 2.12 bits per heavy atom. The lowest BCUT2D eigenvalue weighted by Gasteiger charge is -2.25. The van der Waals surface area contributed by atoms with Gasteiger partial charge in [0.2, 0.25) is 0 Å². The Hall–Kier alpha value is -1.14. The van der Waals surface area contributed by atoms with E-state index in [0.717, 1.165) is 5.56 Å². The number of nitrogens with one attached hydrogen (secondary N) is 1. The van der Waals surface area contributed by atoms with Gasteiger partial charge >= 0.3 is 5.97 Å². The zero-order chi connectivity index (χ0) is 17.5. The summed E-state index contributed by atoms with van der Waals surface area (Å²) in [7, 11) is 0. The molecule has 0 unspecified atom stereocenters. The molecule has 1 aliphatic heterocycles. The molecule has 2 atom stereocenters. The number of hydrogen-bond donors (Lipinski definition) is 1. The van der Waals surface area contributed by atoms with Crippen molar-refractivity contribution in [2.75, 3.05) is 26.3 Å². The molecule has 1 N–H and O–H groups in total. The summed E-state index contributed by atoms with van der Waals surface area (Å²) in [6.07, 6.45) is -0.254. The third-order valence-corrected chi connectivity index (χ3v) is 4.56. The van der Waals surface area contributed by atoms with Gasteiger partial charge in [0.05, 0.1) is 29.4 Å². The summed E-state index contributed by atoms with van der Waals surface area (Å²) in [5.41, 5.74) is 0.877. The van der Waals surface area contributed by atoms with E-state index < -0.39 is 5.97 Å². The van der Waals surface area contributed by atoms with Crippen LogP contribution < -0.4 is 5.32 Å². The van der Waals surface area contributed by atoms with Gasteiger partial charge in [0.15, 0.2) is 0 Å². The standard InChI is InChI=1S/C17H21Cl2NO4/c1-2-23-16(22)9-13(21)7-12-10-20-5-6-24-17(12)11-3-4-14(18)15(19)8-11/h3-4,8,12,17,20H,2,5-7,9-10H2,1H3/t12-,17+/m1/s1. The van der Waals surface area contributed by atoms with Crippen molar-refractivity contribution in [3.63, 3.8) is 0 Å². The fraction of sp³-hybridized carbons (Fsp3) is 0.529. The van der Waals surface area contributed by atoms with Crippen molar-refractivity contribution >= 4 is 35.0 Å². The zero-order valence-corrected chi connectivity index (χ0v) is 15.0. The van der Waals surface area contributed by atoms with E-state index in [9.17, 15) is 9.59 Å². The first-order valence-corrected chi connectivity index (χ1v) is 8.71. The fourth-order valence-corrected chi connectivity index (χ4v) is 3.07. The molecule has 1 saturated heterocycles. The molecule has 2 rings (SSSR count). The maximum atomic E-state index is 12.2. The second kappa shape index (κ2) is 9.37. The van der Waals surface area contributed by atoms with Crippen LogP contribution in [0.15, 0.2) is 18.2 Å². The topological polar surface area (TPSA) is 64.6 Å². The summed E-state index contributed by atoms with van der Waals surface area (Å²) in [5.74, 6) is -0.737. The molecule has 0 amide bonds. The Labute approximate surface area is 151 Å². The van der Waals surface area contributed by atoms with E-state index in [4.69, 9.17) is 32.7 Å². The Morgan fingerprint density at radius 1 is 1.33 bits per heavy atom. The summed E-state index contributed by atoms with van der Waals surface area (Å²) in [4.78, 5) is 23.6. The second-order valence-corrected chi connectivity index (χ2v) is 6.47. The number of hydrogen-bond acceptors (Lipinski definition) is 5. The molecule has 0 radical (unpaired) electrons. The van der Waals surface area contributed by atoms with E-state index in [1.165, 1.54) is 0 Å². The molecular weight excluding hydrogens is 353 g/mol. The normalized spacial score (nSPS) is 21.1. The minimum absolute atomic E-state index is 0.0910. The molecule has 1 heterocycles. The van der Waals surface area contributed by atoms with Crippen LogP contribution in [-0.4, -0.2) is 38.1 Å². The van der Waals surface area contributed by atoms with Crippen molar-refractivity contribution < 1.29 is 19.1 Å². The quantitative estimate of drug-likeness (QED) is 0.612. The van der Waals surface area contributed by atoms with Crippen LogP contribution in [0, 0.1) is 5.92 Å². The van der Waals surface area contributed by atoms with Crippen LogP contribution in [0.4, 0.5) is 0 Å². The molecule has 1 aromatic rings. The average molecular weight is 374 g/mol. The first-order valence-electron chi connectivity index (χ1n) is 7.95. The van der Waals surface area contributed by atoms with Crippen molar-refractivity contribution in [2.24, 2.45) is 5.92 Å². The SMILES string of the molecule is CCOC(=O)CC(=O)C[C@@H]1CNCCO[C@H]1c1ccc(Cl)c(Cl)c1. The highest BCUT2D eigenvalue weighted by atomic mass is 35.5. The molecule has 24 heavy (non-hydrogen) atoms. The number of halogens is 2. The minimum atomic E-state index is -0.490. The zero-order valence-electron chi connectivity index (χ0n) is 13.5. The monoisotopic (exact) mass is 373 g/mol. The van der Waals surface area contributed by atoms with Crippen molar-refractivity contribution in [2.45, 2.75) is 25.9 Å². The first kappa shape index (κ1) is 19.2. The highest BCUT2D eigenvalue weighted by Gasteiger charge is 2.29. The van der Waals surface area contributed by atoms with Crippen molar-refractivity contribution in [3.8, 4) is 0 Å². The van der Waals surface area contributed by atoms with Gasteiger partial charge in [0, 0.05) is 25.4 Å². The smallest absolute Gasteiger partial charge is 0.313 e. The van der Waals surface area contributed by atoms with Crippen LogP contribution in [0.3, 0.4) is 0 Å². The third kappa shape index (κ3) is 5.45. The van der Waals surface area contributed by atoms with Crippen LogP contribution in [-0.2, 0) is 19.1 Å². The fourth-order valence-electron chi connectivity index (χ4n) is 2.76.